The van der Waals surface area contributed by atoms with Crippen molar-refractivity contribution in [3.8, 4) is 0 Å². The van der Waals surface area contributed by atoms with E-state index in [1.807, 2.05) is 0 Å². The third kappa shape index (κ3) is 8.64. The fraction of sp³-hybridized carbons (Fsp3) is 0.235. The van der Waals surface area contributed by atoms with Gasteiger partial charge in [-0.3, -0.25) is 0 Å². The van der Waals surface area contributed by atoms with Crippen molar-refractivity contribution in [2.24, 2.45) is 0 Å². The first-order valence-corrected chi connectivity index (χ1v) is 11.1. The Labute approximate surface area is 213 Å². The molecule has 5 nitrogen and oxygen atoms in total. The number of hydrogen-bond donors (Lipinski definition) is 4. The van der Waals surface area contributed by atoms with Crippen LogP contribution >= 0.6 is 92.8 Å². The molecule has 13 heteroatoms. The molecule has 2 atom stereocenters. The molecule has 0 aliphatic carbocycles. The third-order valence-electron chi connectivity index (χ3n) is 3.52. The monoisotopic (exact) mass is 570 g/mol. The zero-order valence-electron chi connectivity index (χ0n) is 14.7. The van der Waals surface area contributed by atoms with Crippen molar-refractivity contribution in [1.82, 2.24) is 10.6 Å². The van der Waals surface area contributed by atoms with E-state index in [9.17, 15) is 4.79 Å². The number of urea groups is 1. The second kappa shape index (κ2) is 11.0. The quantitative estimate of drug-likeness (QED) is 0.218. The number of rotatable bonds is 6. The number of amides is 2. The second-order valence-electron chi connectivity index (χ2n) is 5.87. The fourth-order valence-electron chi connectivity index (χ4n) is 2.13. The average molecular weight is 574 g/mol. The molecule has 0 heterocycles. The Hall–Kier alpha value is -0.370. The van der Waals surface area contributed by atoms with E-state index in [0.29, 0.717) is 21.4 Å². The summed E-state index contributed by atoms with van der Waals surface area (Å²) in [6.45, 7) is 0. The van der Waals surface area contributed by atoms with Gasteiger partial charge in [0.25, 0.3) is 0 Å². The lowest BCUT2D eigenvalue weighted by Gasteiger charge is -2.31. The predicted molar refractivity (Wildman–Crippen MR) is 130 cm³/mol. The van der Waals surface area contributed by atoms with E-state index in [1.54, 1.807) is 48.5 Å². The molecule has 2 unspecified atom stereocenters. The minimum absolute atomic E-state index is 0.524. The summed E-state index contributed by atoms with van der Waals surface area (Å²) < 4.78 is -3.81. The molecule has 4 N–H and O–H groups in total. The maximum absolute atomic E-state index is 12.5. The molecule has 2 aromatic rings. The van der Waals surface area contributed by atoms with Gasteiger partial charge in [0.15, 0.2) is 0 Å². The van der Waals surface area contributed by atoms with E-state index in [1.165, 1.54) is 0 Å². The molecule has 2 rings (SSSR count). The summed E-state index contributed by atoms with van der Waals surface area (Å²) in [7, 11) is 0. The highest BCUT2D eigenvalue weighted by molar-refractivity contribution is 6.68. The average Bonchev–Trinajstić information content (AvgIpc) is 2.62. The second-order valence-corrected chi connectivity index (χ2v) is 11.5. The zero-order valence-corrected chi connectivity index (χ0v) is 20.8. The van der Waals surface area contributed by atoms with E-state index >= 15 is 0 Å². The van der Waals surface area contributed by atoms with Gasteiger partial charge in [-0.15, -0.1) is 0 Å². The molecule has 0 saturated carbocycles. The van der Waals surface area contributed by atoms with Crippen LogP contribution in [0.25, 0.3) is 0 Å². The van der Waals surface area contributed by atoms with E-state index in [4.69, 9.17) is 92.8 Å². The molecule has 0 saturated heterocycles. The van der Waals surface area contributed by atoms with Gasteiger partial charge in [-0.05, 0) is 48.5 Å². The van der Waals surface area contributed by atoms with Crippen LogP contribution in [0.3, 0.4) is 0 Å². The molecule has 30 heavy (non-hydrogen) atoms. The van der Waals surface area contributed by atoms with Crippen LogP contribution in [-0.2, 0) is 0 Å². The first-order chi connectivity index (χ1) is 13.8. The summed E-state index contributed by atoms with van der Waals surface area (Å²) in [6, 6.07) is 12.4. The highest BCUT2D eigenvalue weighted by atomic mass is 35.6. The Balaban J connectivity index is 2.10. The molecule has 0 aliphatic heterocycles. The Bertz CT molecular complexity index is 767. The van der Waals surface area contributed by atoms with Gasteiger partial charge in [0.05, 0.1) is 0 Å². The van der Waals surface area contributed by atoms with Gasteiger partial charge in [0, 0.05) is 21.4 Å². The summed E-state index contributed by atoms with van der Waals surface area (Å²) in [6.07, 6.45) is -2.26. The summed E-state index contributed by atoms with van der Waals surface area (Å²) in [5.74, 6) is 0. The van der Waals surface area contributed by atoms with Gasteiger partial charge in [-0.2, -0.15) is 0 Å². The minimum atomic E-state index is -1.91. The topological polar surface area (TPSA) is 65.2 Å². The maximum atomic E-state index is 12.5. The normalized spacial score (nSPS) is 13.9. The van der Waals surface area contributed by atoms with Crippen LogP contribution in [0.1, 0.15) is 0 Å². The highest BCUT2D eigenvalue weighted by Crippen LogP contribution is 2.33. The molecule has 0 bridgehead atoms. The smallest absolute Gasteiger partial charge is 0.318 e. The maximum Gasteiger partial charge on any atom is 0.318 e. The van der Waals surface area contributed by atoms with Crippen LogP contribution in [0.5, 0.6) is 0 Å². The van der Waals surface area contributed by atoms with Crippen LogP contribution in [0.15, 0.2) is 48.5 Å². The van der Waals surface area contributed by atoms with Gasteiger partial charge in [-0.1, -0.05) is 92.8 Å². The van der Waals surface area contributed by atoms with Crippen molar-refractivity contribution < 1.29 is 4.79 Å². The van der Waals surface area contributed by atoms with Crippen molar-refractivity contribution in [1.29, 1.82) is 0 Å². The lowest BCUT2D eigenvalue weighted by molar-refractivity contribution is 0.235. The number of hydrogen-bond acceptors (Lipinski definition) is 3. The first kappa shape index (κ1) is 25.9. The standard InChI is InChI=1S/C17H14Cl8N4O/c18-9-1-5-11(6-2-9)26-13(16(20,21)22)28-15(30)29-14(17(23,24)25)27-12-7-3-10(19)4-8-12/h1-8,13-14,26-27H,(H2,28,29,30). The van der Waals surface area contributed by atoms with Gasteiger partial charge in [0.2, 0.25) is 7.59 Å². The Morgan fingerprint density at radius 1 is 0.633 bits per heavy atom. The molecule has 0 fully saturated rings. The fourth-order valence-corrected chi connectivity index (χ4v) is 3.04. The summed E-state index contributed by atoms with van der Waals surface area (Å²) in [5.41, 5.74) is 1.10. The number of alkyl halides is 6. The van der Waals surface area contributed by atoms with Crippen molar-refractivity contribution in [2.75, 3.05) is 10.6 Å². The van der Waals surface area contributed by atoms with Gasteiger partial charge in [0.1, 0.15) is 12.3 Å². The van der Waals surface area contributed by atoms with Gasteiger partial charge >= 0.3 is 6.03 Å². The number of anilines is 2. The Morgan fingerprint density at radius 3 is 1.20 bits per heavy atom. The van der Waals surface area contributed by atoms with E-state index in [-0.39, 0.29) is 0 Å². The number of carbonyl (C=O) groups excluding carboxylic acids is 1. The molecular weight excluding hydrogens is 560 g/mol. The lowest BCUT2D eigenvalue weighted by atomic mass is 10.3. The van der Waals surface area contributed by atoms with Crippen LogP contribution in [-0.4, -0.2) is 25.9 Å². The number of nitrogens with one attached hydrogen (secondary N) is 4. The van der Waals surface area contributed by atoms with Crippen molar-refractivity contribution in [2.45, 2.75) is 19.9 Å². The summed E-state index contributed by atoms with van der Waals surface area (Å²) in [5, 5.41) is 11.8. The molecule has 2 aromatic carbocycles. The van der Waals surface area contributed by atoms with Crippen molar-refractivity contribution in [3.05, 3.63) is 58.6 Å². The lowest BCUT2D eigenvalue weighted by Crippen LogP contribution is -2.57. The van der Waals surface area contributed by atoms with Crippen molar-refractivity contribution in [3.63, 3.8) is 0 Å². The predicted octanol–water partition coefficient (Wildman–Crippen LogP) is 7.21. The number of benzene rings is 2. The molecule has 164 valence electrons. The molecule has 2 amide bonds. The zero-order chi connectivity index (χ0) is 22.5. The first-order valence-electron chi connectivity index (χ1n) is 8.09. The SMILES string of the molecule is O=C(NC(Nc1ccc(Cl)cc1)C(Cl)(Cl)Cl)NC(Nc1ccc(Cl)cc1)C(Cl)(Cl)Cl. The van der Waals surface area contributed by atoms with Crippen LogP contribution < -0.4 is 21.3 Å². The summed E-state index contributed by atoms with van der Waals surface area (Å²) >= 11 is 47.7. The largest absolute Gasteiger partial charge is 0.362 e. The van der Waals surface area contributed by atoms with E-state index in [0.717, 1.165) is 0 Å². The minimum Gasteiger partial charge on any atom is -0.362 e. The molecule has 0 spiro atoms. The summed E-state index contributed by atoms with van der Waals surface area (Å²) in [4.78, 5) is 12.5. The van der Waals surface area contributed by atoms with Crippen LogP contribution in [0, 0.1) is 0 Å². The highest BCUT2D eigenvalue weighted by Gasteiger charge is 2.37. The van der Waals surface area contributed by atoms with E-state index < -0.39 is 25.9 Å². The van der Waals surface area contributed by atoms with Gasteiger partial charge in [-0.25, -0.2) is 4.79 Å². The number of halogens is 8. The Morgan fingerprint density at radius 2 is 0.933 bits per heavy atom. The molecule has 0 radical (unpaired) electrons. The van der Waals surface area contributed by atoms with E-state index in [2.05, 4.69) is 21.3 Å². The molecule has 0 aliphatic rings. The third-order valence-corrected chi connectivity index (χ3v) is 5.33. The van der Waals surface area contributed by atoms with Crippen molar-refractivity contribution >= 4 is 110 Å². The van der Waals surface area contributed by atoms with Crippen LogP contribution in [0.2, 0.25) is 10.0 Å². The molecular formula is C17H14Cl8N4O. The number of carbonyl (C=O) groups is 1. The molecule has 0 aromatic heterocycles. The Kier molecular flexibility index (Phi) is 9.47. The van der Waals surface area contributed by atoms with Gasteiger partial charge < -0.3 is 21.3 Å². The van der Waals surface area contributed by atoms with Crippen LogP contribution in [0.4, 0.5) is 16.2 Å².